The van der Waals surface area contributed by atoms with E-state index in [0.29, 0.717) is 28.4 Å². The van der Waals surface area contributed by atoms with Gasteiger partial charge in [0.1, 0.15) is 11.0 Å². The molecule has 0 amide bonds. The van der Waals surface area contributed by atoms with E-state index >= 15 is 0 Å². The highest BCUT2D eigenvalue weighted by Gasteiger charge is 2.27. The third-order valence-corrected chi connectivity index (χ3v) is 4.69. The second-order valence-electron chi connectivity index (χ2n) is 6.73. The Morgan fingerprint density at radius 2 is 1.63 bits per heavy atom. The Morgan fingerprint density at radius 3 is 2.30 bits per heavy atom. The largest absolute Gasteiger partial charge is 0.277 e. The van der Waals surface area contributed by atoms with Gasteiger partial charge < -0.3 is 0 Å². The molecule has 0 saturated heterocycles. The topological polar surface area (TPSA) is 126 Å². The van der Waals surface area contributed by atoms with Crippen LogP contribution in [0.15, 0.2) is 34.1 Å². The van der Waals surface area contributed by atoms with Gasteiger partial charge in [-0.3, -0.25) is 9.59 Å². The fourth-order valence-corrected chi connectivity index (χ4v) is 3.10. The molecule has 1 aromatic carbocycles. The van der Waals surface area contributed by atoms with E-state index in [0.717, 1.165) is 12.8 Å². The Balaban J connectivity index is 1.63. The first kappa shape index (κ1) is 15.7. The predicted molar refractivity (Wildman–Crippen MR) is 94.2 cm³/mol. The lowest BCUT2D eigenvalue weighted by molar-refractivity contribution is 0.358. The van der Waals surface area contributed by atoms with E-state index in [1.54, 1.807) is 24.5 Å². The molecule has 0 spiro atoms. The monoisotopic (exact) mass is 365 g/mol. The van der Waals surface area contributed by atoms with Gasteiger partial charge in [-0.25, -0.2) is 9.36 Å². The van der Waals surface area contributed by atoms with Crippen LogP contribution in [-0.4, -0.2) is 45.0 Å². The summed E-state index contributed by atoms with van der Waals surface area (Å²) in [5.41, 5.74) is 0.214. The van der Waals surface area contributed by atoms with Gasteiger partial charge in [-0.05, 0) is 31.9 Å². The molecule has 0 aliphatic heterocycles. The van der Waals surface area contributed by atoms with Gasteiger partial charge in [0.25, 0.3) is 11.1 Å². The van der Waals surface area contributed by atoms with Crippen LogP contribution in [0.1, 0.15) is 31.8 Å². The molecule has 0 radical (unpaired) electrons. The van der Waals surface area contributed by atoms with Gasteiger partial charge in [0.05, 0.1) is 41.8 Å². The van der Waals surface area contributed by atoms with Crippen molar-refractivity contribution in [1.82, 2.24) is 45.0 Å². The molecule has 1 aliphatic rings. The van der Waals surface area contributed by atoms with Gasteiger partial charge in [-0.1, -0.05) is 10.4 Å². The molecule has 0 unspecified atom stereocenters. The maximum atomic E-state index is 12.9. The second-order valence-corrected chi connectivity index (χ2v) is 6.73. The quantitative estimate of drug-likeness (QED) is 0.466. The maximum absolute atomic E-state index is 12.9. The van der Waals surface area contributed by atoms with Gasteiger partial charge in [-0.15, -0.1) is 10.2 Å². The zero-order valence-electron chi connectivity index (χ0n) is 14.4. The maximum Gasteiger partial charge on any atom is 0.277 e. The van der Waals surface area contributed by atoms with Crippen molar-refractivity contribution in [3.05, 3.63) is 45.2 Å². The molecule has 1 fully saturated rings. The van der Waals surface area contributed by atoms with Gasteiger partial charge in [0.2, 0.25) is 0 Å². The molecule has 27 heavy (non-hydrogen) atoms. The number of hydrogen-bond donors (Lipinski definition) is 0. The molecular weight excluding hydrogens is 350 g/mol. The summed E-state index contributed by atoms with van der Waals surface area (Å²) < 4.78 is 2.69. The summed E-state index contributed by atoms with van der Waals surface area (Å²) >= 11 is 0. The number of fused-ring (bicyclic) bond motifs is 2. The molecule has 11 nitrogen and oxygen atoms in total. The van der Waals surface area contributed by atoms with Crippen molar-refractivity contribution in [2.24, 2.45) is 0 Å². The van der Waals surface area contributed by atoms with Crippen LogP contribution < -0.4 is 11.1 Å². The Kier molecular flexibility index (Phi) is 3.35. The summed E-state index contributed by atoms with van der Waals surface area (Å²) in [6.07, 6.45) is 5.00. The molecular formula is C16H15N9O2. The SMILES string of the molecule is C[C@H](Cn1nccn1)n1nnc2cc3c(=O)n(C4CC4)nnc3cc2c1=O. The van der Waals surface area contributed by atoms with Gasteiger partial charge in [-0.2, -0.15) is 15.0 Å². The molecule has 1 saturated carbocycles. The van der Waals surface area contributed by atoms with E-state index in [9.17, 15) is 9.59 Å². The van der Waals surface area contributed by atoms with Crippen molar-refractivity contribution >= 4 is 21.8 Å². The molecule has 1 aliphatic carbocycles. The molecule has 4 aromatic rings. The number of aromatic nitrogens is 9. The molecule has 11 heteroatoms. The second kappa shape index (κ2) is 5.76. The van der Waals surface area contributed by atoms with Crippen LogP contribution in [0.25, 0.3) is 21.8 Å². The number of rotatable bonds is 4. The zero-order chi connectivity index (χ0) is 18.5. The van der Waals surface area contributed by atoms with Crippen molar-refractivity contribution in [2.45, 2.75) is 38.4 Å². The molecule has 0 bridgehead atoms. The van der Waals surface area contributed by atoms with Crippen LogP contribution in [0.5, 0.6) is 0 Å². The highest BCUT2D eigenvalue weighted by atomic mass is 16.1. The van der Waals surface area contributed by atoms with Crippen molar-refractivity contribution in [1.29, 1.82) is 0 Å². The molecule has 0 N–H and O–H groups in total. The highest BCUT2D eigenvalue weighted by Crippen LogP contribution is 2.32. The summed E-state index contributed by atoms with van der Waals surface area (Å²) in [7, 11) is 0. The minimum atomic E-state index is -0.310. The summed E-state index contributed by atoms with van der Waals surface area (Å²) in [6, 6.07) is 2.95. The van der Waals surface area contributed by atoms with Crippen LogP contribution >= 0.6 is 0 Å². The van der Waals surface area contributed by atoms with E-state index < -0.39 is 0 Å². The van der Waals surface area contributed by atoms with E-state index in [-0.39, 0.29) is 23.2 Å². The van der Waals surface area contributed by atoms with E-state index in [1.807, 2.05) is 6.92 Å². The van der Waals surface area contributed by atoms with Gasteiger partial charge in [0, 0.05) is 0 Å². The van der Waals surface area contributed by atoms with Crippen LogP contribution in [0.3, 0.4) is 0 Å². The third-order valence-electron chi connectivity index (χ3n) is 4.69. The van der Waals surface area contributed by atoms with Crippen LogP contribution in [0.2, 0.25) is 0 Å². The number of nitrogens with zero attached hydrogens (tertiary/aromatic N) is 9. The molecule has 3 aromatic heterocycles. The van der Waals surface area contributed by atoms with Crippen molar-refractivity contribution < 1.29 is 0 Å². The molecule has 3 heterocycles. The first-order valence-corrected chi connectivity index (χ1v) is 8.64. The predicted octanol–water partition coefficient (Wildman–Crippen LogP) is 0.0840. The van der Waals surface area contributed by atoms with Gasteiger partial charge >= 0.3 is 0 Å². The summed E-state index contributed by atoms with van der Waals surface area (Å²) in [6.45, 7) is 2.22. The smallest absolute Gasteiger partial charge is 0.267 e. The highest BCUT2D eigenvalue weighted by molar-refractivity contribution is 5.93. The Labute approximate surface area is 151 Å². The van der Waals surface area contributed by atoms with Crippen molar-refractivity contribution in [3.63, 3.8) is 0 Å². The van der Waals surface area contributed by atoms with Crippen LogP contribution in [-0.2, 0) is 6.54 Å². The number of benzene rings is 1. The van der Waals surface area contributed by atoms with E-state index in [4.69, 9.17) is 0 Å². The van der Waals surface area contributed by atoms with Crippen molar-refractivity contribution in [3.8, 4) is 0 Å². The standard InChI is InChI=1S/C16H15N9O2/c1-9(8-23-17-4-5-18-23)24-15(26)11-6-14-12(7-13(11)19-21-24)16(27)25(22-20-14)10-2-3-10/h4-7,9-10H,2-3,8H2,1H3/t9-/m1/s1. The fourth-order valence-electron chi connectivity index (χ4n) is 3.10. The van der Waals surface area contributed by atoms with Crippen LogP contribution in [0, 0.1) is 0 Å². The lowest BCUT2D eigenvalue weighted by atomic mass is 10.2. The first-order valence-electron chi connectivity index (χ1n) is 8.64. The minimum absolute atomic E-state index is 0.126. The Bertz CT molecular complexity index is 1270. The van der Waals surface area contributed by atoms with Crippen molar-refractivity contribution in [2.75, 3.05) is 0 Å². The van der Waals surface area contributed by atoms with Crippen LogP contribution in [0.4, 0.5) is 0 Å². The Morgan fingerprint density at radius 1 is 1.00 bits per heavy atom. The lowest BCUT2D eigenvalue weighted by Crippen LogP contribution is -2.30. The number of hydrogen-bond acceptors (Lipinski definition) is 8. The zero-order valence-corrected chi connectivity index (χ0v) is 14.4. The van der Waals surface area contributed by atoms with E-state index in [2.05, 4.69) is 30.8 Å². The first-order chi connectivity index (χ1) is 13.1. The summed E-state index contributed by atoms with van der Waals surface area (Å²) in [5.74, 6) is 0. The average molecular weight is 365 g/mol. The average Bonchev–Trinajstić information content (AvgIpc) is 3.38. The minimum Gasteiger partial charge on any atom is -0.267 e. The van der Waals surface area contributed by atoms with Gasteiger partial charge in [0.15, 0.2) is 0 Å². The Hall–Kier alpha value is -3.50. The fraction of sp³-hybridized carbons (Fsp3) is 0.375. The molecule has 1 atom stereocenters. The summed E-state index contributed by atoms with van der Waals surface area (Å²) in [5, 5.41) is 25.1. The lowest BCUT2D eigenvalue weighted by Gasteiger charge is -2.12. The van der Waals surface area contributed by atoms with E-state index in [1.165, 1.54) is 14.2 Å². The normalized spacial score (nSPS) is 15.4. The molecule has 5 rings (SSSR count). The third kappa shape index (κ3) is 2.58. The molecule has 136 valence electrons. The summed E-state index contributed by atoms with van der Waals surface area (Å²) in [4.78, 5) is 27.0.